The molecule has 2 aromatic rings. The first-order valence-electron chi connectivity index (χ1n) is 8.41. The second-order valence-corrected chi connectivity index (χ2v) is 6.94. The molecule has 2 aromatic carbocycles. The van der Waals surface area contributed by atoms with Crippen LogP contribution in [-0.4, -0.2) is 29.8 Å². The number of halogens is 2. The van der Waals surface area contributed by atoms with Crippen molar-refractivity contribution >= 4 is 40.7 Å². The van der Waals surface area contributed by atoms with E-state index in [1.165, 1.54) is 6.92 Å². The Balaban J connectivity index is 1.88. The minimum atomic E-state index is -0.149. The Morgan fingerprint density at radius 3 is 2.50 bits per heavy atom. The van der Waals surface area contributed by atoms with Crippen molar-refractivity contribution in [2.75, 3.05) is 18.4 Å². The SMILES string of the molecule is CC(=O)N(CCC(=O)Nc1cccc(Cl)c1C)CCc1cccc(Cl)c1. The lowest BCUT2D eigenvalue weighted by Crippen LogP contribution is -2.33. The van der Waals surface area contributed by atoms with Crippen LogP contribution in [0.3, 0.4) is 0 Å². The smallest absolute Gasteiger partial charge is 0.226 e. The summed E-state index contributed by atoms with van der Waals surface area (Å²) in [6.07, 6.45) is 0.913. The molecular weight excluding hydrogens is 371 g/mol. The van der Waals surface area contributed by atoms with Gasteiger partial charge in [-0.15, -0.1) is 0 Å². The van der Waals surface area contributed by atoms with Crippen molar-refractivity contribution < 1.29 is 9.59 Å². The molecule has 1 N–H and O–H groups in total. The molecule has 0 bridgehead atoms. The van der Waals surface area contributed by atoms with E-state index in [1.807, 2.05) is 31.2 Å². The molecule has 0 spiro atoms. The van der Waals surface area contributed by atoms with E-state index < -0.39 is 0 Å². The molecular formula is C20H22Cl2N2O2. The highest BCUT2D eigenvalue weighted by Crippen LogP contribution is 2.23. The highest BCUT2D eigenvalue weighted by atomic mass is 35.5. The molecule has 0 heterocycles. The predicted octanol–water partition coefficient (Wildman–Crippen LogP) is 4.72. The van der Waals surface area contributed by atoms with Crippen LogP contribution in [0.5, 0.6) is 0 Å². The van der Waals surface area contributed by atoms with Gasteiger partial charge in [-0.25, -0.2) is 0 Å². The average molecular weight is 393 g/mol. The molecule has 0 fully saturated rings. The fraction of sp³-hybridized carbons (Fsp3) is 0.300. The summed E-state index contributed by atoms with van der Waals surface area (Å²) in [7, 11) is 0. The van der Waals surface area contributed by atoms with Crippen LogP contribution >= 0.6 is 23.2 Å². The number of carbonyl (C=O) groups excluding carboxylic acids is 2. The van der Waals surface area contributed by atoms with E-state index >= 15 is 0 Å². The first kappa shape index (κ1) is 20.3. The van der Waals surface area contributed by atoms with Gasteiger partial charge < -0.3 is 10.2 Å². The monoisotopic (exact) mass is 392 g/mol. The number of amides is 2. The van der Waals surface area contributed by atoms with Gasteiger partial charge in [0.05, 0.1) is 0 Å². The Bertz CT molecular complexity index is 793. The van der Waals surface area contributed by atoms with E-state index in [4.69, 9.17) is 23.2 Å². The molecule has 0 aliphatic carbocycles. The van der Waals surface area contributed by atoms with Crippen LogP contribution < -0.4 is 5.32 Å². The van der Waals surface area contributed by atoms with Crippen molar-refractivity contribution in [2.24, 2.45) is 0 Å². The van der Waals surface area contributed by atoms with E-state index in [1.54, 1.807) is 23.1 Å². The number of carbonyl (C=O) groups is 2. The highest BCUT2D eigenvalue weighted by Gasteiger charge is 2.12. The van der Waals surface area contributed by atoms with Crippen molar-refractivity contribution in [1.29, 1.82) is 0 Å². The zero-order valence-electron chi connectivity index (χ0n) is 14.9. The molecule has 138 valence electrons. The minimum absolute atomic E-state index is 0.0567. The van der Waals surface area contributed by atoms with Crippen molar-refractivity contribution in [3.8, 4) is 0 Å². The number of benzene rings is 2. The molecule has 0 atom stereocenters. The average Bonchev–Trinajstić information content (AvgIpc) is 2.58. The Hall–Kier alpha value is -2.04. The highest BCUT2D eigenvalue weighted by molar-refractivity contribution is 6.31. The predicted molar refractivity (Wildman–Crippen MR) is 107 cm³/mol. The van der Waals surface area contributed by atoms with Gasteiger partial charge in [0.2, 0.25) is 11.8 Å². The number of rotatable bonds is 7. The van der Waals surface area contributed by atoms with Gasteiger partial charge in [-0.1, -0.05) is 41.4 Å². The van der Waals surface area contributed by atoms with Gasteiger partial charge in [0.25, 0.3) is 0 Å². The van der Waals surface area contributed by atoms with Gasteiger partial charge in [-0.3, -0.25) is 9.59 Å². The first-order chi connectivity index (χ1) is 12.4. The van der Waals surface area contributed by atoms with Crippen LogP contribution in [0, 0.1) is 6.92 Å². The number of nitrogens with zero attached hydrogens (tertiary/aromatic N) is 1. The number of nitrogens with one attached hydrogen (secondary N) is 1. The lowest BCUT2D eigenvalue weighted by Gasteiger charge is -2.21. The molecule has 0 aliphatic rings. The van der Waals surface area contributed by atoms with Crippen molar-refractivity contribution in [2.45, 2.75) is 26.7 Å². The molecule has 26 heavy (non-hydrogen) atoms. The molecule has 0 radical (unpaired) electrons. The maximum Gasteiger partial charge on any atom is 0.226 e. The summed E-state index contributed by atoms with van der Waals surface area (Å²) < 4.78 is 0. The van der Waals surface area contributed by atoms with Crippen LogP contribution in [0.2, 0.25) is 10.0 Å². The molecule has 0 saturated heterocycles. The Labute approximate surface area is 164 Å². The van der Waals surface area contributed by atoms with Crippen LogP contribution in [-0.2, 0) is 16.0 Å². The molecule has 2 rings (SSSR count). The standard InChI is InChI=1S/C20H22Cl2N2O2/c1-14-18(22)7-4-8-19(14)23-20(26)10-12-24(15(2)25)11-9-16-5-3-6-17(21)13-16/h3-8,13H,9-12H2,1-2H3,(H,23,26). The lowest BCUT2D eigenvalue weighted by molar-refractivity contribution is -0.129. The molecule has 2 amide bonds. The molecule has 6 heteroatoms. The third-order valence-corrected chi connectivity index (χ3v) is 4.80. The summed E-state index contributed by atoms with van der Waals surface area (Å²) in [6.45, 7) is 4.27. The van der Waals surface area contributed by atoms with E-state index in [0.717, 1.165) is 11.1 Å². The van der Waals surface area contributed by atoms with E-state index in [-0.39, 0.29) is 18.2 Å². The molecule has 0 unspecified atom stereocenters. The van der Waals surface area contributed by atoms with Gasteiger partial charge in [-0.05, 0) is 48.7 Å². The van der Waals surface area contributed by atoms with E-state index in [0.29, 0.717) is 35.2 Å². The zero-order valence-corrected chi connectivity index (χ0v) is 16.4. The Kier molecular flexibility index (Phi) is 7.49. The number of anilines is 1. The maximum absolute atomic E-state index is 12.2. The van der Waals surface area contributed by atoms with Gasteiger partial charge in [0.1, 0.15) is 0 Å². The van der Waals surface area contributed by atoms with Crippen molar-refractivity contribution in [3.63, 3.8) is 0 Å². The summed E-state index contributed by atoms with van der Waals surface area (Å²) in [5, 5.41) is 4.13. The first-order valence-corrected chi connectivity index (χ1v) is 9.17. The van der Waals surface area contributed by atoms with Crippen molar-refractivity contribution in [3.05, 3.63) is 63.6 Å². The lowest BCUT2D eigenvalue weighted by atomic mass is 10.1. The van der Waals surface area contributed by atoms with Crippen LogP contribution in [0.15, 0.2) is 42.5 Å². The summed E-state index contributed by atoms with van der Waals surface area (Å²) >= 11 is 12.0. The fourth-order valence-corrected chi connectivity index (χ4v) is 2.96. The minimum Gasteiger partial charge on any atom is -0.342 e. The van der Waals surface area contributed by atoms with E-state index in [9.17, 15) is 9.59 Å². The van der Waals surface area contributed by atoms with Crippen molar-refractivity contribution in [1.82, 2.24) is 4.90 Å². The zero-order chi connectivity index (χ0) is 19.1. The van der Waals surface area contributed by atoms with Crippen LogP contribution in [0.1, 0.15) is 24.5 Å². The Morgan fingerprint density at radius 2 is 1.81 bits per heavy atom. The maximum atomic E-state index is 12.2. The molecule has 0 aromatic heterocycles. The van der Waals surface area contributed by atoms with Crippen LogP contribution in [0.25, 0.3) is 0 Å². The summed E-state index contributed by atoms with van der Waals surface area (Å²) in [4.78, 5) is 25.7. The summed E-state index contributed by atoms with van der Waals surface area (Å²) in [5.41, 5.74) is 2.57. The quantitative estimate of drug-likeness (QED) is 0.740. The van der Waals surface area contributed by atoms with Gasteiger partial charge >= 0.3 is 0 Å². The third-order valence-electron chi connectivity index (χ3n) is 4.16. The molecule has 4 nitrogen and oxygen atoms in total. The van der Waals surface area contributed by atoms with Gasteiger partial charge in [0, 0.05) is 42.2 Å². The van der Waals surface area contributed by atoms with Gasteiger partial charge in [0.15, 0.2) is 0 Å². The normalized spacial score (nSPS) is 10.5. The molecule has 0 saturated carbocycles. The topological polar surface area (TPSA) is 49.4 Å². The summed E-state index contributed by atoms with van der Waals surface area (Å²) in [5.74, 6) is -0.205. The number of hydrogen-bond donors (Lipinski definition) is 1. The largest absolute Gasteiger partial charge is 0.342 e. The number of hydrogen-bond acceptors (Lipinski definition) is 2. The summed E-state index contributed by atoms with van der Waals surface area (Å²) in [6, 6.07) is 12.9. The Morgan fingerprint density at radius 1 is 1.08 bits per heavy atom. The van der Waals surface area contributed by atoms with Crippen LogP contribution in [0.4, 0.5) is 5.69 Å². The second kappa shape index (κ2) is 9.60. The fourth-order valence-electron chi connectivity index (χ4n) is 2.58. The third kappa shape index (κ3) is 6.04. The van der Waals surface area contributed by atoms with Gasteiger partial charge in [-0.2, -0.15) is 0 Å². The van der Waals surface area contributed by atoms with E-state index in [2.05, 4.69) is 5.32 Å². The second-order valence-electron chi connectivity index (χ2n) is 6.10. The molecule has 0 aliphatic heterocycles.